The van der Waals surface area contributed by atoms with E-state index in [9.17, 15) is 9.59 Å². The number of ether oxygens (including phenoxy) is 1. The van der Waals surface area contributed by atoms with E-state index in [0.717, 1.165) is 6.42 Å². The third-order valence-electron chi connectivity index (χ3n) is 2.97. The highest BCUT2D eigenvalue weighted by atomic mass is 16.5. The lowest BCUT2D eigenvalue weighted by Gasteiger charge is -2.29. The molecule has 1 fully saturated rings. The van der Waals surface area contributed by atoms with Gasteiger partial charge in [0.1, 0.15) is 6.04 Å². The summed E-state index contributed by atoms with van der Waals surface area (Å²) in [6, 6.07) is -0.954. The standard InChI is InChI=1S/C12H20N2O4/c1-3-6-13(8-9-18-2)12(17)14-7-4-5-10(14)11(15)16/h3,10H,1,4-9H2,2H3,(H,15,16)/t10-/m1/s1. The van der Waals surface area contributed by atoms with Crippen molar-refractivity contribution < 1.29 is 19.4 Å². The molecule has 0 unspecified atom stereocenters. The molecule has 6 nitrogen and oxygen atoms in total. The van der Waals surface area contributed by atoms with Gasteiger partial charge in [0, 0.05) is 26.7 Å². The monoisotopic (exact) mass is 256 g/mol. The molecule has 1 atom stereocenters. The maximum atomic E-state index is 12.2. The van der Waals surface area contributed by atoms with Crippen LogP contribution in [0.5, 0.6) is 0 Å². The highest BCUT2D eigenvalue weighted by Gasteiger charge is 2.35. The van der Waals surface area contributed by atoms with Crippen LogP contribution in [0.25, 0.3) is 0 Å². The highest BCUT2D eigenvalue weighted by Crippen LogP contribution is 2.19. The summed E-state index contributed by atoms with van der Waals surface area (Å²) in [4.78, 5) is 26.3. The zero-order valence-corrected chi connectivity index (χ0v) is 10.7. The summed E-state index contributed by atoms with van der Waals surface area (Å²) >= 11 is 0. The summed E-state index contributed by atoms with van der Waals surface area (Å²) in [6.07, 6.45) is 2.88. The zero-order valence-electron chi connectivity index (χ0n) is 10.7. The summed E-state index contributed by atoms with van der Waals surface area (Å²) in [7, 11) is 1.56. The van der Waals surface area contributed by atoms with Gasteiger partial charge < -0.3 is 19.6 Å². The van der Waals surface area contributed by atoms with Crippen molar-refractivity contribution in [2.75, 3.05) is 33.4 Å². The number of amides is 2. The van der Waals surface area contributed by atoms with E-state index in [1.165, 1.54) is 4.90 Å². The number of hydrogen-bond acceptors (Lipinski definition) is 3. The van der Waals surface area contributed by atoms with E-state index in [4.69, 9.17) is 9.84 Å². The summed E-state index contributed by atoms with van der Waals surface area (Å²) in [5.74, 6) is -0.939. The number of rotatable bonds is 6. The number of carboxylic acids is 1. The minimum atomic E-state index is -0.939. The van der Waals surface area contributed by atoms with Crippen LogP contribution in [0.4, 0.5) is 4.79 Å². The summed E-state index contributed by atoms with van der Waals surface area (Å²) in [5.41, 5.74) is 0. The molecule has 0 aliphatic carbocycles. The Morgan fingerprint density at radius 1 is 1.61 bits per heavy atom. The van der Waals surface area contributed by atoms with Crippen molar-refractivity contribution in [2.45, 2.75) is 18.9 Å². The number of urea groups is 1. The van der Waals surface area contributed by atoms with E-state index in [2.05, 4.69) is 6.58 Å². The largest absolute Gasteiger partial charge is 0.480 e. The Morgan fingerprint density at radius 3 is 2.89 bits per heavy atom. The van der Waals surface area contributed by atoms with Crippen LogP contribution in [-0.4, -0.2) is 66.3 Å². The number of hydrogen-bond donors (Lipinski definition) is 1. The van der Waals surface area contributed by atoms with Crippen molar-refractivity contribution in [3.8, 4) is 0 Å². The molecular weight excluding hydrogens is 236 g/mol. The number of carbonyl (C=O) groups is 2. The van der Waals surface area contributed by atoms with Gasteiger partial charge in [0.25, 0.3) is 0 Å². The minimum absolute atomic E-state index is 0.253. The molecular formula is C12H20N2O4. The molecule has 1 N–H and O–H groups in total. The number of likely N-dealkylation sites (tertiary alicyclic amines) is 1. The molecule has 0 aromatic rings. The van der Waals surface area contributed by atoms with E-state index in [0.29, 0.717) is 32.7 Å². The lowest BCUT2D eigenvalue weighted by molar-refractivity contribution is -0.141. The Balaban J connectivity index is 2.68. The molecule has 0 aromatic heterocycles. The van der Waals surface area contributed by atoms with E-state index in [1.54, 1.807) is 18.1 Å². The zero-order chi connectivity index (χ0) is 13.5. The molecule has 0 spiro atoms. The van der Waals surface area contributed by atoms with Gasteiger partial charge in [-0.05, 0) is 12.8 Å². The van der Waals surface area contributed by atoms with Crippen LogP contribution in [0.2, 0.25) is 0 Å². The SMILES string of the molecule is C=CCN(CCOC)C(=O)N1CCC[C@@H]1C(=O)O. The smallest absolute Gasteiger partial charge is 0.326 e. The van der Waals surface area contributed by atoms with Gasteiger partial charge >= 0.3 is 12.0 Å². The van der Waals surface area contributed by atoms with E-state index in [-0.39, 0.29) is 6.03 Å². The van der Waals surface area contributed by atoms with Crippen molar-refractivity contribution in [2.24, 2.45) is 0 Å². The molecule has 102 valence electrons. The number of methoxy groups -OCH3 is 1. The van der Waals surface area contributed by atoms with Crippen LogP contribution in [0.1, 0.15) is 12.8 Å². The first-order valence-corrected chi connectivity index (χ1v) is 6.00. The predicted molar refractivity (Wildman–Crippen MR) is 66.4 cm³/mol. The number of carboxylic acid groups (broad SMARTS) is 1. The Bertz CT molecular complexity index is 319. The first-order chi connectivity index (χ1) is 8.61. The van der Waals surface area contributed by atoms with Crippen LogP contribution in [-0.2, 0) is 9.53 Å². The molecule has 1 aliphatic heterocycles. The quantitative estimate of drug-likeness (QED) is 0.713. The van der Waals surface area contributed by atoms with Crippen molar-refractivity contribution >= 4 is 12.0 Å². The van der Waals surface area contributed by atoms with Gasteiger partial charge in [-0.25, -0.2) is 9.59 Å². The summed E-state index contributed by atoms with van der Waals surface area (Å²) in [6.45, 7) is 5.35. The molecule has 1 rings (SSSR count). The highest BCUT2D eigenvalue weighted by molar-refractivity contribution is 5.83. The maximum Gasteiger partial charge on any atom is 0.326 e. The molecule has 1 heterocycles. The van der Waals surface area contributed by atoms with Crippen molar-refractivity contribution in [3.05, 3.63) is 12.7 Å². The molecule has 2 amide bonds. The average molecular weight is 256 g/mol. The fraction of sp³-hybridized carbons (Fsp3) is 0.667. The molecule has 1 saturated heterocycles. The second-order valence-electron chi connectivity index (χ2n) is 4.20. The number of aliphatic carboxylic acids is 1. The van der Waals surface area contributed by atoms with Crippen molar-refractivity contribution in [1.29, 1.82) is 0 Å². The van der Waals surface area contributed by atoms with Gasteiger partial charge in [0.05, 0.1) is 6.61 Å². The summed E-state index contributed by atoms with van der Waals surface area (Å²) in [5, 5.41) is 9.06. The molecule has 0 saturated carbocycles. The normalized spacial score (nSPS) is 18.7. The van der Waals surface area contributed by atoms with Gasteiger partial charge in [-0.2, -0.15) is 0 Å². The molecule has 0 bridgehead atoms. The Hall–Kier alpha value is -1.56. The molecule has 0 aromatic carbocycles. The molecule has 6 heteroatoms. The fourth-order valence-electron chi connectivity index (χ4n) is 2.06. The molecule has 1 aliphatic rings. The summed E-state index contributed by atoms with van der Waals surface area (Å²) < 4.78 is 4.94. The molecule has 0 radical (unpaired) electrons. The Morgan fingerprint density at radius 2 is 2.33 bits per heavy atom. The number of carbonyl (C=O) groups excluding carboxylic acids is 1. The fourth-order valence-corrected chi connectivity index (χ4v) is 2.06. The van der Waals surface area contributed by atoms with E-state index in [1.807, 2.05) is 0 Å². The van der Waals surface area contributed by atoms with Crippen molar-refractivity contribution in [1.82, 2.24) is 9.80 Å². The van der Waals surface area contributed by atoms with Gasteiger partial charge in [-0.3, -0.25) is 0 Å². The third kappa shape index (κ3) is 3.46. The van der Waals surface area contributed by atoms with E-state index < -0.39 is 12.0 Å². The van der Waals surface area contributed by atoms with Gasteiger partial charge in [-0.1, -0.05) is 6.08 Å². The van der Waals surface area contributed by atoms with E-state index >= 15 is 0 Å². The number of nitrogens with zero attached hydrogens (tertiary/aromatic N) is 2. The van der Waals surface area contributed by atoms with Gasteiger partial charge in [0.15, 0.2) is 0 Å². The second kappa shape index (κ2) is 7.00. The lowest BCUT2D eigenvalue weighted by Crippen LogP contribution is -2.48. The van der Waals surface area contributed by atoms with Crippen molar-refractivity contribution in [3.63, 3.8) is 0 Å². The lowest BCUT2D eigenvalue weighted by atomic mass is 10.2. The van der Waals surface area contributed by atoms with Crippen LogP contribution in [0, 0.1) is 0 Å². The van der Waals surface area contributed by atoms with Gasteiger partial charge in [-0.15, -0.1) is 6.58 Å². The molecule has 18 heavy (non-hydrogen) atoms. The van der Waals surface area contributed by atoms with Crippen LogP contribution >= 0.6 is 0 Å². The topological polar surface area (TPSA) is 70.1 Å². The van der Waals surface area contributed by atoms with Gasteiger partial charge in [0.2, 0.25) is 0 Å². The Kier molecular flexibility index (Phi) is 5.64. The first-order valence-electron chi connectivity index (χ1n) is 6.00. The minimum Gasteiger partial charge on any atom is -0.480 e. The Labute approximate surface area is 107 Å². The average Bonchev–Trinajstić information content (AvgIpc) is 2.82. The van der Waals surface area contributed by atoms with Crippen LogP contribution in [0.15, 0.2) is 12.7 Å². The van der Waals surface area contributed by atoms with Crippen LogP contribution in [0.3, 0.4) is 0 Å². The first kappa shape index (κ1) is 14.5. The second-order valence-corrected chi connectivity index (χ2v) is 4.20. The third-order valence-corrected chi connectivity index (χ3v) is 2.97. The predicted octanol–water partition coefficient (Wildman–Crippen LogP) is 0.790. The maximum absolute atomic E-state index is 12.2. The van der Waals surface area contributed by atoms with Crippen LogP contribution < -0.4 is 0 Å².